The lowest BCUT2D eigenvalue weighted by molar-refractivity contribution is 0.480. The summed E-state index contributed by atoms with van der Waals surface area (Å²) in [6.45, 7) is 1.81. The van der Waals surface area contributed by atoms with E-state index in [0.717, 1.165) is 30.6 Å². The topological polar surface area (TPSA) is 78.0 Å². The van der Waals surface area contributed by atoms with Gasteiger partial charge in [0, 0.05) is 23.5 Å². The Morgan fingerprint density at radius 1 is 1.41 bits per heavy atom. The first-order chi connectivity index (χ1) is 8.25. The lowest BCUT2D eigenvalue weighted by atomic mass is 10.00. The summed E-state index contributed by atoms with van der Waals surface area (Å²) in [6, 6.07) is 5.20. The number of phenolic OH excluding ortho intramolecular Hbond substituents is 1. The summed E-state index contributed by atoms with van der Waals surface area (Å²) in [7, 11) is 0. The van der Waals surface area contributed by atoms with Crippen molar-refractivity contribution in [3.63, 3.8) is 0 Å². The van der Waals surface area contributed by atoms with Crippen molar-refractivity contribution in [2.45, 2.75) is 12.3 Å². The zero-order valence-corrected chi connectivity index (χ0v) is 9.23. The van der Waals surface area contributed by atoms with Gasteiger partial charge in [0.2, 0.25) is 0 Å². The van der Waals surface area contributed by atoms with Crippen molar-refractivity contribution in [1.29, 1.82) is 0 Å². The number of hydrogen-bond donors (Lipinski definition) is 3. The Morgan fingerprint density at radius 2 is 2.29 bits per heavy atom. The molecule has 0 radical (unpaired) electrons. The molecule has 2 aromatic rings. The molecule has 3 N–H and O–H groups in total. The van der Waals surface area contributed by atoms with Crippen molar-refractivity contribution in [3.8, 4) is 5.75 Å². The summed E-state index contributed by atoms with van der Waals surface area (Å²) < 4.78 is 0. The van der Waals surface area contributed by atoms with Crippen LogP contribution < -0.4 is 11.0 Å². The number of aromatic nitrogens is 2. The Kier molecular flexibility index (Phi) is 2.33. The summed E-state index contributed by atoms with van der Waals surface area (Å²) in [6.07, 6.45) is 0.991. The van der Waals surface area contributed by atoms with Crippen LogP contribution in [0.4, 0.5) is 0 Å². The van der Waals surface area contributed by atoms with Crippen LogP contribution in [0.15, 0.2) is 23.0 Å². The number of fused-ring (bicyclic) bond motifs is 1. The molecule has 0 bridgehead atoms. The van der Waals surface area contributed by atoms with E-state index < -0.39 is 5.69 Å². The maximum atomic E-state index is 11.5. The van der Waals surface area contributed by atoms with Crippen LogP contribution >= 0.6 is 0 Å². The van der Waals surface area contributed by atoms with Gasteiger partial charge in [-0.15, -0.1) is 0 Å². The molecule has 1 aliphatic heterocycles. The van der Waals surface area contributed by atoms with E-state index >= 15 is 0 Å². The average Bonchev–Trinajstić information content (AvgIpc) is 2.83. The Morgan fingerprint density at radius 3 is 3.06 bits per heavy atom. The molecular formula is C12H13N3O2. The summed E-state index contributed by atoms with van der Waals surface area (Å²) in [5.74, 6) is 0.343. The first kappa shape index (κ1) is 10.3. The Hall–Kier alpha value is -1.88. The van der Waals surface area contributed by atoms with E-state index in [1.54, 1.807) is 12.1 Å². The first-order valence-corrected chi connectivity index (χ1v) is 5.68. The van der Waals surface area contributed by atoms with E-state index in [1.165, 1.54) is 0 Å². The number of nitrogens with one attached hydrogen (secondary N) is 2. The highest BCUT2D eigenvalue weighted by Crippen LogP contribution is 2.29. The van der Waals surface area contributed by atoms with Crippen molar-refractivity contribution < 1.29 is 5.11 Å². The van der Waals surface area contributed by atoms with Crippen LogP contribution in [0, 0.1) is 0 Å². The Labute approximate surface area is 97.5 Å². The molecule has 5 heteroatoms. The molecule has 17 heavy (non-hydrogen) atoms. The summed E-state index contributed by atoms with van der Waals surface area (Å²) >= 11 is 0. The molecule has 1 atom stereocenters. The van der Waals surface area contributed by atoms with Crippen molar-refractivity contribution in [2.75, 3.05) is 13.1 Å². The average molecular weight is 231 g/mol. The molecule has 0 aliphatic carbocycles. The number of rotatable bonds is 1. The van der Waals surface area contributed by atoms with E-state index in [2.05, 4.69) is 15.3 Å². The highest BCUT2D eigenvalue weighted by molar-refractivity contribution is 5.86. The summed E-state index contributed by atoms with van der Waals surface area (Å²) in [5, 5.41) is 13.8. The minimum absolute atomic E-state index is 0.0563. The monoisotopic (exact) mass is 231 g/mol. The number of H-pyrrole nitrogens is 1. The molecule has 1 fully saturated rings. The number of nitrogens with zero attached hydrogens (tertiary/aromatic N) is 1. The van der Waals surface area contributed by atoms with Crippen molar-refractivity contribution >= 4 is 10.9 Å². The number of para-hydroxylation sites is 1. The third-order valence-corrected chi connectivity index (χ3v) is 3.23. The SMILES string of the molecule is O=c1nc2c(O)cccc2c(C2CCNC2)[nH]1. The minimum Gasteiger partial charge on any atom is -0.506 e. The molecule has 0 amide bonds. The minimum atomic E-state index is -0.402. The summed E-state index contributed by atoms with van der Waals surface area (Å²) in [5.41, 5.74) is 0.861. The smallest absolute Gasteiger partial charge is 0.345 e. The van der Waals surface area contributed by atoms with Gasteiger partial charge in [-0.1, -0.05) is 12.1 Å². The zero-order valence-electron chi connectivity index (χ0n) is 9.23. The van der Waals surface area contributed by atoms with Crippen LogP contribution in [-0.2, 0) is 0 Å². The number of hydrogen-bond acceptors (Lipinski definition) is 4. The van der Waals surface area contributed by atoms with E-state index in [9.17, 15) is 9.90 Å². The molecule has 1 aromatic carbocycles. The second-order valence-electron chi connectivity index (χ2n) is 4.32. The van der Waals surface area contributed by atoms with Gasteiger partial charge in [-0.2, -0.15) is 4.98 Å². The van der Waals surface area contributed by atoms with Gasteiger partial charge < -0.3 is 15.4 Å². The van der Waals surface area contributed by atoms with Gasteiger partial charge >= 0.3 is 5.69 Å². The van der Waals surface area contributed by atoms with Gasteiger partial charge in [0.05, 0.1) is 0 Å². The van der Waals surface area contributed by atoms with Crippen LogP contribution in [0.25, 0.3) is 10.9 Å². The molecule has 2 heterocycles. The number of aromatic hydroxyl groups is 1. The van der Waals surface area contributed by atoms with Gasteiger partial charge in [-0.05, 0) is 19.0 Å². The molecular weight excluding hydrogens is 218 g/mol. The van der Waals surface area contributed by atoms with Crippen molar-refractivity contribution in [3.05, 3.63) is 34.4 Å². The predicted octanol–water partition coefficient (Wildman–Crippen LogP) is 0.706. The zero-order chi connectivity index (χ0) is 11.8. The van der Waals surface area contributed by atoms with Gasteiger partial charge in [0.15, 0.2) is 0 Å². The van der Waals surface area contributed by atoms with Gasteiger partial charge in [0.1, 0.15) is 11.3 Å². The third kappa shape index (κ3) is 1.68. The lowest BCUT2D eigenvalue weighted by Crippen LogP contribution is -2.17. The maximum Gasteiger partial charge on any atom is 0.345 e. The molecule has 0 saturated carbocycles. The van der Waals surface area contributed by atoms with Gasteiger partial charge in [-0.25, -0.2) is 4.79 Å². The second kappa shape index (κ2) is 3.85. The summed E-state index contributed by atoms with van der Waals surface area (Å²) in [4.78, 5) is 18.1. The standard InChI is InChI=1S/C12H13N3O2/c16-9-3-1-2-8-10(7-4-5-13-6-7)14-12(17)15-11(8)9/h1-3,7,13,16H,4-6H2,(H,14,15,17). The van der Waals surface area contributed by atoms with E-state index in [-0.39, 0.29) is 11.7 Å². The highest BCUT2D eigenvalue weighted by Gasteiger charge is 2.20. The largest absolute Gasteiger partial charge is 0.506 e. The number of aromatic amines is 1. The van der Waals surface area contributed by atoms with Gasteiger partial charge in [-0.3, -0.25) is 0 Å². The predicted molar refractivity (Wildman–Crippen MR) is 64.3 cm³/mol. The van der Waals surface area contributed by atoms with E-state index in [4.69, 9.17) is 0 Å². The highest BCUT2D eigenvalue weighted by atomic mass is 16.3. The Balaban J connectivity index is 2.29. The maximum absolute atomic E-state index is 11.5. The van der Waals surface area contributed by atoms with Crippen molar-refractivity contribution in [2.24, 2.45) is 0 Å². The number of benzene rings is 1. The van der Waals surface area contributed by atoms with Crippen molar-refractivity contribution in [1.82, 2.24) is 15.3 Å². The van der Waals surface area contributed by atoms with Crippen LogP contribution in [0.3, 0.4) is 0 Å². The molecule has 1 aliphatic rings. The molecule has 3 rings (SSSR count). The van der Waals surface area contributed by atoms with E-state index in [1.807, 2.05) is 6.07 Å². The number of phenols is 1. The third-order valence-electron chi connectivity index (χ3n) is 3.23. The van der Waals surface area contributed by atoms with Gasteiger partial charge in [0.25, 0.3) is 0 Å². The molecule has 1 unspecified atom stereocenters. The lowest BCUT2D eigenvalue weighted by Gasteiger charge is -2.11. The molecule has 88 valence electrons. The molecule has 0 spiro atoms. The quantitative estimate of drug-likeness (QED) is 0.675. The second-order valence-corrected chi connectivity index (χ2v) is 4.32. The molecule has 1 saturated heterocycles. The molecule has 5 nitrogen and oxygen atoms in total. The fourth-order valence-electron chi connectivity index (χ4n) is 2.40. The normalized spacial score (nSPS) is 19.9. The van der Waals surface area contributed by atoms with Crippen LogP contribution in [0.5, 0.6) is 5.75 Å². The first-order valence-electron chi connectivity index (χ1n) is 5.68. The van der Waals surface area contributed by atoms with Crippen LogP contribution in [0.2, 0.25) is 0 Å². The van der Waals surface area contributed by atoms with Crippen LogP contribution in [-0.4, -0.2) is 28.2 Å². The van der Waals surface area contributed by atoms with E-state index in [0.29, 0.717) is 5.52 Å². The van der Waals surface area contributed by atoms with Crippen LogP contribution in [0.1, 0.15) is 18.0 Å². The molecule has 1 aromatic heterocycles. The Bertz CT molecular complexity index is 615. The fourth-order valence-corrected chi connectivity index (χ4v) is 2.40. The fraction of sp³-hybridized carbons (Fsp3) is 0.333.